The minimum absolute atomic E-state index is 0.0724. The van der Waals surface area contributed by atoms with Crippen LogP contribution in [0.15, 0.2) is 150 Å². The van der Waals surface area contributed by atoms with Gasteiger partial charge in [-0.1, -0.05) is 93.6 Å². The van der Waals surface area contributed by atoms with Gasteiger partial charge in [-0.15, -0.1) is 0 Å². The molecule has 78 heavy (non-hydrogen) atoms. The molecule has 11 aliphatic rings. The number of hydrogen-bond donors (Lipinski definition) is 0. The zero-order valence-electron chi connectivity index (χ0n) is 45.0. The zero-order chi connectivity index (χ0) is 51.1. The number of para-hydroxylation sites is 3. The van der Waals surface area contributed by atoms with E-state index in [1.54, 1.807) is 11.1 Å². The number of ether oxygens (including phenoxy) is 2. The Balaban J connectivity index is 0.956. The molecular weight excluding hydrogens is 952 g/mol. The Morgan fingerprint density at radius 2 is 1.10 bits per heavy atom. The fraction of sp³-hybridized carbons (Fsp3) is 0.333. The van der Waals surface area contributed by atoms with E-state index in [4.69, 9.17) is 13.9 Å². The molecule has 6 heteroatoms. The van der Waals surface area contributed by atoms with E-state index in [2.05, 4.69) is 151 Å². The number of anilines is 3. The summed E-state index contributed by atoms with van der Waals surface area (Å²) in [6.45, 7) is 6.78. The fourth-order valence-electron chi connectivity index (χ4n) is 19.6. The molecule has 0 spiro atoms. The Morgan fingerprint density at radius 1 is 0.487 bits per heavy atom. The van der Waals surface area contributed by atoms with E-state index < -0.39 is 0 Å². The molecule has 5 heterocycles. The summed E-state index contributed by atoms with van der Waals surface area (Å²) in [5.74, 6) is 8.09. The van der Waals surface area contributed by atoms with Gasteiger partial charge in [-0.2, -0.15) is 0 Å². The molecule has 0 saturated heterocycles. The van der Waals surface area contributed by atoms with Crippen LogP contribution in [0.5, 0.6) is 23.0 Å². The Bertz CT molecular complexity index is 4230. The van der Waals surface area contributed by atoms with Crippen molar-refractivity contribution < 1.29 is 13.9 Å². The maximum atomic E-state index is 7.42. The van der Waals surface area contributed by atoms with Crippen LogP contribution in [-0.2, 0) is 16.2 Å². The topological polar surface area (TPSA) is 39.8 Å². The molecule has 5 nitrogen and oxygen atoms in total. The molecule has 8 bridgehead atoms. The normalized spacial score (nSPS) is 27.3. The Hall–Kier alpha value is -7.18. The number of fused-ring (bicyclic) bond motifs is 13. The lowest BCUT2D eigenvalue weighted by Crippen LogP contribution is -2.56. The number of rotatable bonds is 4. The maximum Gasteiger partial charge on any atom is 0.333 e. The second-order valence-corrected chi connectivity index (χ2v) is 27.7. The number of hydrogen-bond acceptors (Lipinski definition) is 4. The molecule has 8 saturated carbocycles. The van der Waals surface area contributed by atoms with Crippen molar-refractivity contribution >= 4 is 78.6 Å². The van der Waals surface area contributed by atoms with Crippen molar-refractivity contribution in [2.75, 3.05) is 4.90 Å². The molecule has 8 aromatic carbocycles. The molecule has 8 aliphatic carbocycles. The van der Waals surface area contributed by atoms with E-state index >= 15 is 0 Å². The lowest BCUT2D eigenvalue weighted by atomic mass is 9.44. The van der Waals surface area contributed by atoms with Gasteiger partial charge in [-0.25, -0.2) is 0 Å². The molecule has 0 N–H and O–H groups in total. The van der Waals surface area contributed by atoms with Crippen LogP contribution in [0, 0.1) is 35.5 Å². The third-order valence-electron chi connectivity index (χ3n) is 22.0. The van der Waals surface area contributed by atoms with E-state index in [-0.39, 0.29) is 23.1 Å². The van der Waals surface area contributed by atoms with Gasteiger partial charge in [0.05, 0.1) is 11.4 Å². The molecule has 8 fully saturated rings. The Kier molecular flexibility index (Phi) is 8.38. The molecule has 0 unspecified atom stereocenters. The molecule has 10 aromatic rings. The van der Waals surface area contributed by atoms with Crippen molar-refractivity contribution in [1.82, 2.24) is 4.48 Å². The smallest absolute Gasteiger partial charge is 0.333 e. The minimum Gasteiger partial charge on any atom is -0.454 e. The number of benzene rings is 8. The SMILES string of the molecule is CC(C)(C)c1ccc(N2c3cc4c(cc3B3c5c(cc6c(oc7ccccc76)c52)-c2cc(C56CC7CC(CC(C7)C5)C6)cc5c6cc(C78CC9CC(CC(C9)C7)C8)ccc6n3c25)Oc2ccccc2O4)c(-c2ccccc2)c1. The quantitative estimate of drug-likeness (QED) is 0.165. The molecule has 0 radical (unpaired) electrons. The highest BCUT2D eigenvalue weighted by molar-refractivity contribution is 6.90. The fourth-order valence-corrected chi connectivity index (χ4v) is 19.6. The van der Waals surface area contributed by atoms with Crippen LogP contribution >= 0.6 is 0 Å². The van der Waals surface area contributed by atoms with Gasteiger partial charge in [0.1, 0.15) is 5.58 Å². The maximum absolute atomic E-state index is 7.42. The van der Waals surface area contributed by atoms with Crippen molar-refractivity contribution in [1.29, 1.82) is 0 Å². The van der Waals surface area contributed by atoms with Crippen LogP contribution in [0.25, 0.3) is 66.0 Å². The number of aromatic nitrogens is 1. The van der Waals surface area contributed by atoms with Gasteiger partial charge in [-0.3, -0.25) is 0 Å². The lowest BCUT2D eigenvalue weighted by Gasteiger charge is -2.57. The molecule has 382 valence electrons. The molecule has 21 rings (SSSR count). The first-order valence-electron chi connectivity index (χ1n) is 29.8. The Morgan fingerprint density at radius 3 is 1.78 bits per heavy atom. The van der Waals surface area contributed by atoms with Gasteiger partial charge in [0.25, 0.3) is 0 Å². The third-order valence-corrected chi connectivity index (χ3v) is 22.0. The summed E-state index contributed by atoms with van der Waals surface area (Å²) in [5.41, 5.74) is 20.3. The van der Waals surface area contributed by atoms with Gasteiger partial charge in [0.15, 0.2) is 28.6 Å². The first-order valence-corrected chi connectivity index (χ1v) is 29.8. The molecule has 0 amide bonds. The second kappa shape index (κ2) is 14.9. The summed E-state index contributed by atoms with van der Waals surface area (Å²) >= 11 is 0. The van der Waals surface area contributed by atoms with Crippen LogP contribution in [0.1, 0.15) is 115 Å². The Labute approximate surface area is 456 Å². The lowest BCUT2D eigenvalue weighted by molar-refractivity contribution is -0.00527. The first-order chi connectivity index (χ1) is 38.1. The van der Waals surface area contributed by atoms with E-state index in [0.717, 1.165) is 91.8 Å². The molecule has 3 aliphatic heterocycles. The predicted molar refractivity (Wildman–Crippen MR) is 318 cm³/mol. The first kappa shape index (κ1) is 43.8. The zero-order valence-corrected chi connectivity index (χ0v) is 45.0. The predicted octanol–water partition coefficient (Wildman–Crippen LogP) is 17.9. The number of nitrogens with zero attached hydrogens (tertiary/aromatic N) is 2. The van der Waals surface area contributed by atoms with Crippen molar-refractivity contribution in [3.63, 3.8) is 0 Å². The second-order valence-electron chi connectivity index (χ2n) is 27.7. The molecule has 2 aromatic heterocycles. The summed E-state index contributed by atoms with van der Waals surface area (Å²) in [6.07, 6.45) is 16.7. The van der Waals surface area contributed by atoms with E-state index in [1.165, 1.54) is 138 Å². The molecular formula is C72H63BN2O3. The average Bonchev–Trinajstić information content (AvgIpc) is 2.80. The third kappa shape index (κ3) is 5.84. The van der Waals surface area contributed by atoms with E-state index in [1.807, 2.05) is 24.3 Å². The highest BCUT2D eigenvalue weighted by Crippen LogP contribution is 2.64. The highest BCUT2D eigenvalue weighted by atomic mass is 16.6. The van der Waals surface area contributed by atoms with Crippen molar-refractivity contribution in [2.45, 2.75) is 114 Å². The van der Waals surface area contributed by atoms with Crippen LogP contribution in [-0.4, -0.2) is 11.3 Å². The van der Waals surface area contributed by atoms with Gasteiger partial charge >= 0.3 is 6.85 Å². The average molecular weight is 1020 g/mol. The summed E-state index contributed by atoms with van der Waals surface area (Å²) in [5, 5.41) is 5.20. The van der Waals surface area contributed by atoms with Gasteiger partial charge in [-0.05, 0) is 234 Å². The standard InChI is InChI=1S/C72H63BN2O3/c1-70(2,3)47-17-19-58(51(27-47)46-11-5-4-6-12-46)74-60-33-65-64(76-62-15-9-10-16-63(62)77-65)32-57(60)73-66-53(31-56-50-13-7-8-14-61(50)78-69(56)68(66)74)55-30-49(72-37-43-24-44(38-72)26-45(25-43)39-72)29-54-52-28-48(18-20-59(52)75(73)67(54)55)71-34-40-21-41(35-71)23-42(22-40)36-71/h4-20,27-33,40-45H,21-26,34-39H2,1-3H3. The summed E-state index contributed by atoms with van der Waals surface area (Å²) in [7, 11) is 0. The van der Waals surface area contributed by atoms with Crippen LogP contribution in [0.4, 0.5) is 17.1 Å². The summed E-state index contributed by atoms with van der Waals surface area (Å²) < 4.78 is 24.1. The number of furan rings is 1. The highest BCUT2D eigenvalue weighted by Gasteiger charge is 2.54. The van der Waals surface area contributed by atoms with Crippen LogP contribution in [0.3, 0.4) is 0 Å². The van der Waals surface area contributed by atoms with Gasteiger partial charge < -0.3 is 23.3 Å². The van der Waals surface area contributed by atoms with Gasteiger partial charge in [0, 0.05) is 55.5 Å². The summed E-state index contributed by atoms with van der Waals surface area (Å²) in [6, 6.07) is 55.8. The summed E-state index contributed by atoms with van der Waals surface area (Å²) in [4.78, 5) is 2.58. The van der Waals surface area contributed by atoms with Crippen molar-refractivity contribution in [3.8, 4) is 45.3 Å². The largest absolute Gasteiger partial charge is 0.454 e. The van der Waals surface area contributed by atoms with Crippen molar-refractivity contribution in [2.24, 2.45) is 35.5 Å². The van der Waals surface area contributed by atoms with Gasteiger partial charge in [0.2, 0.25) is 0 Å². The minimum atomic E-state index is -0.206. The van der Waals surface area contributed by atoms with E-state index in [0.29, 0.717) is 5.75 Å². The van der Waals surface area contributed by atoms with Crippen LogP contribution < -0.4 is 25.3 Å². The molecule has 0 atom stereocenters. The van der Waals surface area contributed by atoms with Crippen molar-refractivity contribution in [3.05, 3.63) is 162 Å². The van der Waals surface area contributed by atoms with E-state index in [9.17, 15) is 0 Å². The monoisotopic (exact) mass is 1010 g/mol. The van der Waals surface area contributed by atoms with Crippen LogP contribution in [0.2, 0.25) is 0 Å².